The highest BCUT2D eigenvalue weighted by atomic mass is 32.2. The monoisotopic (exact) mass is 291 g/mol. The molecule has 0 atom stereocenters. The van der Waals surface area contributed by atoms with Crippen LogP contribution in [0.3, 0.4) is 0 Å². The third-order valence-corrected chi connectivity index (χ3v) is 3.53. The van der Waals surface area contributed by atoms with Gasteiger partial charge in [-0.2, -0.15) is 0 Å². The molecule has 7 heteroatoms. The number of carbonyl (C=O) groups excluding carboxylic acids is 2. The number of rotatable bonds is 4. The molecule has 1 aliphatic rings. The van der Waals surface area contributed by atoms with Crippen molar-refractivity contribution in [3.05, 3.63) is 42.5 Å². The molecular weight excluding hydrogens is 278 g/mol. The zero-order valence-corrected chi connectivity index (χ0v) is 11.4. The van der Waals surface area contributed by atoms with Gasteiger partial charge in [0.2, 0.25) is 5.91 Å². The van der Waals surface area contributed by atoms with E-state index in [2.05, 4.69) is 17.1 Å². The summed E-state index contributed by atoms with van der Waals surface area (Å²) < 4.78 is 0. The summed E-state index contributed by atoms with van der Waals surface area (Å²) in [4.78, 5) is 24.9. The van der Waals surface area contributed by atoms with Crippen LogP contribution >= 0.6 is 11.8 Å². The topological polar surface area (TPSA) is 82.0 Å². The molecule has 104 valence electrons. The second-order valence-electron chi connectivity index (χ2n) is 3.93. The van der Waals surface area contributed by atoms with Crippen molar-refractivity contribution >= 4 is 28.7 Å². The molecule has 6 nitrogen and oxygen atoms in total. The zero-order valence-electron chi connectivity index (χ0n) is 10.6. The number of phenolic OH excluding ortho intramolecular Hbond substituents is 1. The molecule has 1 fully saturated rings. The smallest absolute Gasteiger partial charge is 0.275 e. The molecule has 0 spiro atoms. The molecule has 1 aromatic carbocycles. The van der Waals surface area contributed by atoms with E-state index in [9.17, 15) is 14.7 Å². The summed E-state index contributed by atoms with van der Waals surface area (Å²) in [5, 5.41) is 13.9. The number of thioether (sulfide) groups is 1. The highest BCUT2D eigenvalue weighted by Crippen LogP contribution is 2.19. The van der Waals surface area contributed by atoms with E-state index in [1.54, 1.807) is 18.2 Å². The average Bonchev–Trinajstić information content (AvgIpc) is 2.78. The summed E-state index contributed by atoms with van der Waals surface area (Å²) in [7, 11) is 0. The number of hydrogen-bond donors (Lipinski definition) is 2. The highest BCUT2D eigenvalue weighted by Gasteiger charge is 2.27. The minimum Gasteiger partial charge on any atom is -0.507 e. The summed E-state index contributed by atoms with van der Waals surface area (Å²) in [5.41, 5.74) is 2.46. The fourth-order valence-electron chi connectivity index (χ4n) is 1.61. The van der Waals surface area contributed by atoms with Crippen molar-refractivity contribution in [3.63, 3.8) is 0 Å². The number of para-hydroxylation sites is 1. The summed E-state index contributed by atoms with van der Waals surface area (Å²) in [5.74, 6) is -0.443. The second-order valence-corrected chi connectivity index (χ2v) is 4.88. The maximum atomic E-state index is 11.9. The Hall–Kier alpha value is -2.28. The van der Waals surface area contributed by atoms with Crippen LogP contribution in [0, 0.1) is 0 Å². The van der Waals surface area contributed by atoms with Gasteiger partial charge in [-0.05, 0) is 12.1 Å². The van der Waals surface area contributed by atoms with Gasteiger partial charge in [0, 0.05) is 6.54 Å². The first kappa shape index (κ1) is 14.1. The minimum atomic E-state index is -0.533. The van der Waals surface area contributed by atoms with Crippen molar-refractivity contribution in [1.29, 1.82) is 0 Å². The Kier molecular flexibility index (Phi) is 4.41. The Morgan fingerprint density at radius 3 is 3.00 bits per heavy atom. The molecule has 1 aliphatic heterocycles. The number of amidine groups is 1. The van der Waals surface area contributed by atoms with Gasteiger partial charge in [-0.25, -0.2) is 5.43 Å². The van der Waals surface area contributed by atoms with Crippen molar-refractivity contribution in [2.24, 2.45) is 5.10 Å². The third-order valence-electron chi connectivity index (χ3n) is 2.57. The molecule has 0 aliphatic carbocycles. The van der Waals surface area contributed by atoms with E-state index in [0.717, 1.165) is 0 Å². The number of aromatic hydroxyl groups is 1. The van der Waals surface area contributed by atoms with Crippen molar-refractivity contribution in [2.75, 3.05) is 12.3 Å². The Labute approximate surface area is 120 Å². The van der Waals surface area contributed by atoms with Crippen molar-refractivity contribution in [3.8, 4) is 5.75 Å². The lowest BCUT2D eigenvalue weighted by molar-refractivity contribution is -0.123. The zero-order chi connectivity index (χ0) is 14.5. The Morgan fingerprint density at radius 1 is 1.55 bits per heavy atom. The number of carbonyl (C=O) groups is 2. The van der Waals surface area contributed by atoms with Crippen molar-refractivity contribution < 1.29 is 14.7 Å². The van der Waals surface area contributed by atoms with Gasteiger partial charge in [-0.1, -0.05) is 30.0 Å². The summed E-state index contributed by atoms with van der Waals surface area (Å²) in [6.45, 7) is 3.91. The maximum absolute atomic E-state index is 11.9. The van der Waals surface area contributed by atoms with Gasteiger partial charge >= 0.3 is 0 Å². The number of phenols is 1. The summed E-state index contributed by atoms with van der Waals surface area (Å²) in [6.07, 6.45) is 1.59. The number of amides is 2. The molecule has 2 rings (SSSR count). The molecule has 0 aromatic heterocycles. The quantitative estimate of drug-likeness (QED) is 0.644. The predicted octanol–water partition coefficient (Wildman–Crippen LogP) is 1.15. The van der Waals surface area contributed by atoms with Crippen LogP contribution in [0.4, 0.5) is 0 Å². The van der Waals surface area contributed by atoms with Crippen molar-refractivity contribution in [2.45, 2.75) is 0 Å². The van der Waals surface area contributed by atoms with Gasteiger partial charge in [0.25, 0.3) is 5.91 Å². The van der Waals surface area contributed by atoms with Crippen LogP contribution in [-0.2, 0) is 4.79 Å². The fourth-order valence-corrected chi connectivity index (χ4v) is 2.47. The van der Waals surface area contributed by atoms with Gasteiger partial charge in [0.15, 0.2) is 5.17 Å². The lowest BCUT2D eigenvalue weighted by Crippen LogP contribution is -2.31. The molecule has 2 amide bonds. The number of hydrazone groups is 1. The average molecular weight is 291 g/mol. The standard InChI is InChI=1S/C13H13N3O3S/c1-2-7-16-11(18)8-20-13(16)15-14-12(19)9-5-3-4-6-10(9)17/h2-6,17H,1,7-8H2,(H,14,19). The van der Waals surface area contributed by atoms with Gasteiger partial charge < -0.3 is 5.11 Å². The van der Waals surface area contributed by atoms with E-state index in [4.69, 9.17) is 0 Å². The number of benzene rings is 1. The first-order valence-electron chi connectivity index (χ1n) is 5.83. The van der Waals surface area contributed by atoms with Crippen LogP contribution in [0.25, 0.3) is 0 Å². The molecule has 0 saturated carbocycles. The first-order valence-corrected chi connectivity index (χ1v) is 6.82. The second kappa shape index (κ2) is 6.25. The molecule has 0 bridgehead atoms. The van der Waals surface area contributed by atoms with E-state index in [1.165, 1.54) is 28.8 Å². The first-order chi connectivity index (χ1) is 9.63. The molecule has 20 heavy (non-hydrogen) atoms. The van der Waals surface area contributed by atoms with Gasteiger partial charge in [0.05, 0.1) is 11.3 Å². The van der Waals surface area contributed by atoms with E-state index < -0.39 is 5.91 Å². The van der Waals surface area contributed by atoms with E-state index >= 15 is 0 Å². The summed E-state index contributed by atoms with van der Waals surface area (Å²) in [6, 6.07) is 6.16. The summed E-state index contributed by atoms with van der Waals surface area (Å²) >= 11 is 1.24. The Morgan fingerprint density at radius 2 is 2.30 bits per heavy atom. The number of nitrogens with zero attached hydrogens (tertiary/aromatic N) is 2. The van der Waals surface area contributed by atoms with Crippen LogP contribution in [0.15, 0.2) is 42.0 Å². The lowest BCUT2D eigenvalue weighted by atomic mass is 10.2. The third kappa shape index (κ3) is 3.00. The van der Waals surface area contributed by atoms with E-state index in [1.807, 2.05) is 0 Å². The SMILES string of the molecule is C=CCN1C(=O)CSC1=NNC(=O)c1ccccc1O. The lowest BCUT2D eigenvalue weighted by Gasteiger charge is -2.12. The van der Waals surface area contributed by atoms with Gasteiger partial charge in [0.1, 0.15) is 5.75 Å². The highest BCUT2D eigenvalue weighted by molar-refractivity contribution is 8.15. The van der Waals surface area contributed by atoms with Crippen LogP contribution in [-0.4, -0.2) is 39.3 Å². The number of hydrogen-bond acceptors (Lipinski definition) is 5. The Balaban J connectivity index is 2.09. The fraction of sp³-hybridized carbons (Fsp3) is 0.154. The van der Waals surface area contributed by atoms with Crippen LogP contribution in [0.2, 0.25) is 0 Å². The molecule has 1 aromatic rings. The van der Waals surface area contributed by atoms with E-state index in [0.29, 0.717) is 17.5 Å². The normalized spacial score (nSPS) is 16.5. The molecular formula is C13H13N3O3S. The molecule has 1 heterocycles. The molecule has 2 N–H and O–H groups in total. The maximum Gasteiger partial charge on any atom is 0.275 e. The van der Waals surface area contributed by atoms with Crippen LogP contribution < -0.4 is 5.43 Å². The van der Waals surface area contributed by atoms with Crippen LogP contribution in [0.5, 0.6) is 5.75 Å². The van der Waals surface area contributed by atoms with Crippen molar-refractivity contribution in [1.82, 2.24) is 10.3 Å². The van der Waals surface area contributed by atoms with Gasteiger partial charge in [-0.3, -0.25) is 14.5 Å². The Bertz CT molecular complexity index is 586. The minimum absolute atomic E-state index is 0.0783. The number of nitrogens with one attached hydrogen (secondary N) is 1. The van der Waals surface area contributed by atoms with Gasteiger partial charge in [-0.15, -0.1) is 11.7 Å². The molecule has 0 radical (unpaired) electrons. The largest absolute Gasteiger partial charge is 0.507 e. The molecule has 1 saturated heterocycles. The molecule has 0 unspecified atom stereocenters. The van der Waals surface area contributed by atoms with E-state index in [-0.39, 0.29) is 17.2 Å². The predicted molar refractivity (Wildman–Crippen MR) is 77.4 cm³/mol. The van der Waals surface area contributed by atoms with Crippen LogP contribution in [0.1, 0.15) is 10.4 Å².